The fourth-order valence-electron chi connectivity index (χ4n) is 3.02. The number of thiazole rings is 1. The first-order valence-corrected chi connectivity index (χ1v) is 8.78. The van der Waals surface area contributed by atoms with E-state index in [1.165, 1.54) is 11.1 Å². The summed E-state index contributed by atoms with van der Waals surface area (Å²) in [6, 6.07) is 8.49. The Morgan fingerprint density at radius 2 is 2.35 bits per heavy atom. The maximum absolute atomic E-state index is 5.49. The molecule has 4 rings (SSSR count). The van der Waals surface area contributed by atoms with E-state index in [-0.39, 0.29) is 0 Å². The van der Waals surface area contributed by atoms with Gasteiger partial charge < -0.3 is 9.30 Å². The van der Waals surface area contributed by atoms with E-state index < -0.39 is 0 Å². The Kier molecular flexibility index (Phi) is 3.97. The largest absolute Gasteiger partial charge is 0.381 e. The molecule has 118 valence electrons. The summed E-state index contributed by atoms with van der Waals surface area (Å²) >= 11 is 1.70. The van der Waals surface area contributed by atoms with Crippen LogP contribution in [0.1, 0.15) is 29.4 Å². The van der Waals surface area contributed by atoms with Crippen LogP contribution >= 0.6 is 11.3 Å². The maximum Gasteiger partial charge on any atom is 0.123 e. The van der Waals surface area contributed by atoms with Gasteiger partial charge in [-0.3, -0.25) is 0 Å². The second-order valence-electron chi connectivity index (χ2n) is 5.99. The van der Waals surface area contributed by atoms with Gasteiger partial charge in [-0.05, 0) is 19.4 Å². The van der Waals surface area contributed by atoms with Crippen LogP contribution in [0.2, 0.25) is 0 Å². The summed E-state index contributed by atoms with van der Waals surface area (Å²) in [5.41, 5.74) is 3.54. The van der Waals surface area contributed by atoms with Crippen LogP contribution in [0.5, 0.6) is 0 Å². The predicted octanol–water partition coefficient (Wildman–Crippen LogP) is 3.87. The molecule has 0 bridgehead atoms. The standard InChI is InChI=1S/C18H19N3OS/c1-13-3-2-4-14(9-13)18-20-16(12-23-18)10-21-7-6-19-17(21)15-5-8-22-11-15/h2-4,6-7,9,12,15H,5,8,10-11H2,1H3. The van der Waals surface area contributed by atoms with Crippen molar-refractivity contribution in [1.82, 2.24) is 14.5 Å². The van der Waals surface area contributed by atoms with Gasteiger partial charge in [0.1, 0.15) is 10.8 Å². The number of hydrogen-bond donors (Lipinski definition) is 0. The van der Waals surface area contributed by atoms with Crippen molar-refractivity contribution in [3.8, 4) is 10.6 Å². The fourth-order valence-corrected chi connectivity index (χ4v) is 3.83. The molecule has 3 aromatic rings. The lowest BCUT2D eigenvalue weighted by atomic mass is 10.1. The van der Waals surface area contributed by atoms with Gasteiger partial charge in [0.2, 0.25) is 0 Å². The highest BCUT2D eigenvalue weighted by molar-refractivity contribution is 7.13. The van der Waals surface area contributed by atoms with Gasteiger partial charge in [-0.15, -0.1) is 11.3 Å². The Hall–Kier alpha value is -1.98. The minimum Gasteiger partial charge on any atom is -0.381 e. The Balaban J connectivity index is 1.55. The van der Waals surface area contributed by atoms with Crippen LogP contribution in [0, 0.1) is 6.92 Å². The molecule has 3 heterocycles. The summed E-state index contributed by atoms with van der Waals surface area (Å²) in [5.74, 6) is 1.53. The Morgan fingerprint density at radius 1 is 1.39 bits per heavy atom. The Bertz CT molecular complexity index is 802. The van der Waals surface area contributed by atoms with Crippen LogP contribution in [-0.2, 0) is 11.3 Å². The highest BCUT2D eigenvalue weighted by Gasteiger charge is 2.22. The zero-order valence-electron chi connectivity index (χ0n) is 13.1. The van der Waals surface area contributed by atoms with Crippen molar-refractivity contribution in [2.75, 3.05) is 13.2 Å². The van der Waals surface area contributed by atoms with Gasteiger partial charge in [0, 0.05) is 35.9 Å². The summed E-state index contributed by atoms with van der Waals surface area (Å²) in [6.45, 7) is 4.50. The zero-order valence-corrected chi connectivity index (χ0v) is 13.9. The molecule has 0 amide bonds. The van der Waals surface area contributed by atoms with Crippen LogP contribution in [0.4, 0.5) is 0 Å². The normalized spacial score (nSPS) is 17.7. The molecule has 0 aliphatic carbocycles. The number of aryl methyl sites for hydroxylation is 1. The minimum absolute atomic E-state index is 0.417. The number of ether oxygens (including phenoxy) is 1. The second kappa shape index (κ2) is 6.26. The van der Waals surface area contributed by atoms with Gasteiger partial charge >= 0.3 is 0 Å². The number of aromatic nitrogens is 3. The average molecular weight is 325 g/mol. The first kappa shape index (κ1) is 14.6. The lowest BCUT2D eigenvalue weighted by Crippen LogP contribution is -2.10. The monoisotopic (exact) mass is 325 g/mol. The molecule has 1 aromatic carbocycles. The van der Waals surface area contributed by atoms with E-state index in [1.54, 1.807) is 11.3 Å². The van der Waals surface area contributed by atoms with Crippen molar-refractivity contribution >= 4 is 11.3 Å². The van der Waals surface area contributed by atoms with Gasteiger partial charge in [0.15, 0.2) is 0 Å². The van der Waals surface area contributed by atoms with E-state index in [0.717, 1.165) is 42.7 Å². The van der Waals surface area contributed by atoms with Crippen molar-refractivity contribution < 1.29 is 4.74 Å². The number of benzene rings is 1. The van der Waals surface area contributed by atoms with Crippen LogP contribution in [0.15, 0.2) is 42.0 Å². The molecule has 1 fully saturated rings. The second-order valence-corrected chi connectivity index (χ2v) is 6.85. The van der Waals surface area contributed by atoms with Gasteiger partial charge in [-0.1, -0.05) is 23.8 Å². The molecule has 1 atom stereocenters. The molecule has 5 heteroatoms. The van der Waals surface area contributed by atoms with E-state index in [1.807, 2.05) is 12.4 Å². The molecule has 0 N–H and O–H groups in total. The maximum atomic E-state index is 5.49. The summed E-state index contributed by atoms with van der Waals surface area (Å²) in [5, 5.41) is 3.22. The van der Waals surface area contributed by atoms with Crippen molar-refractivity contribution in [3.63, 3.8) is 0 Å². The lowest BCUT2D eigenvalue weighted by molar-refractivity contribution is 0.192. The fraction of sp³-hybridized carbons (Fsp3) is 0.333. The zero-order chi connectivity index (χ0) is 15.6. The highest BCUT2D eigenvalue weighted by Crippen LogP contribution is 2.27. The summed E-state index contributed by atoms with van der Waals surface area (Å²) < 4.78 is 7.70. The van der Waals surface area contributed by atoms with Crippen molar-refractivity contribution in [2.45, 2.75) is 25.8 Å². The van der Waals surface area contributed by atoms with Gasteiger partial charge in [0.05, 0.1) is 18.8 Å². The van der Waals surface area contributed by atoms with Crippen molar-refractivity contribution in [3.05, 3.63) is 59.1 Å². The molecular formula is C18H19N3OS. The molecule has 1 aliphatic rings. The SMILES string of the molecule is Cc1cccc(-c2nc(Cn3ccnc3C3CCOC3)cs2)c1. The predicted molar refractivity (Wildman–Crippen MR) is 91.8 cm³/mol. The number of imidazole rings is 1. The first-order valence-electron chi connectivity index (χ1n) is 7.90. The van der Waals surface area contributed by atoms with Crippen LogP contribution < -0.4 is 0 Å². The van der Waals surface area contributed by atoms with E-state index in [9.17, 15) is 0 Å². The highest BCUT2D eigenvalue weighted by atomic mass is 32.1. The van der Waals surface area contributed by atoms with E-state index in [0.29, 0.717) is 5.92 Å². The summed E-state index contributed by atoms with van der Waals surface area (Å²) in [6.07, 6.45) is 4.98. The van der Waals surface area contributed by atoms with Crippen LogP contribution in [-0.4, -0.2) is 27.7 Å². The Morgan fingerprint density at radius 3 is 3.17 bits per heavy atom. The molecule has 0 radical (unpaired) electrons. The Labute approximate surface area is 139 Å². The van der Waals surface area contributed by atoms with Crippen molar-refractivity contribution in [1.29, 1.82) is 0 Å². The van der Waals surface area contributed by atoms with E-state index >= 15 is 0 Å². The van der Waals surface area contributed by atoms with Crippen LogP contribution in [0.3, 0.4) is 0 Å². The smallest absolute Gasteiger partial charge is 0.123 e. The summed E-state index contributed by atoms with van der Waals surface area (Å²) in [7, 11) is 0. The third-order valence-corrected chi connectivity index (χ3v) is 5.13. The van der Waals surface area contributed by atoms with Gasteiger partial charge in [0.25, 0.3) is 0 Å². The van der Waals surface area contributed by atoms with E-state index in [4.69, 9.17) is 9.72 Å². The number of hydrogen-bond acceptors (Lipinski definition) is 4. The topological polar surface area (TPSA) is 39.9 Å². The molecule has 1 aliphatic heterocycles. The van der Waals surface area contributed by atoms with Crippen LogP contribution in [0.25, 0.3) is 10.6 Å². The molecule has 1 saturated heterocycles. The van der Waals surface area contributed by atoms with E-state index in [2.05, 4.69) is 46.1 Å². The van der Waals surface area contributed by atoms with Gasteiger partial charge in [-0.2, -0.15) is 0 Å². The molecule has 2 aromatic heterocycles. The molecule has 23 heavy (non-hydrogen) atoms. The molecule has 0 spiro atoms. The third-order valence-electron chi connectivity index (χ3n) is 4.19. The third kappa shape index (κ3) is 3.07. The molecular weight excluding hydrogens is 306 g/mol. The molecule has 0 saturated carbocycles. The van der Waals surface area contributed by atoms with Crippen molar-refractivity contribution in [2.24, 2.45) is 0 Å². The minimum atomic E-state index is 0.417. The first-order chi connectivity index (χ1) is 11.3. The number of nitrogens with zero attached hydrogens (tertiary/aromatic N) is 3. The quantitative estimate of drug-likeness (QED) is 0.731. The lowest BCUT2D eigenvalue weighted by Gasteiger charge is -2.10. The molecule has 4 nitrogen and oxygen atoms in total. The molecule has 1 unspecified atom stereocenters. The summed E-state index contributed by atoms with van der Waals surface area (Å²) in [4.78, 5) is 9.33. The van der Waals surface area contributed by atoms with Gasteiger partial charge in [-0.25, -0.2) is 9.97 Å². The number of rotatable bonds is 4. The average Bonchev–Trinajstić information content (AvgIpc) is 3.29.